The van der Waals surface area contributed by atoms with Crippen LogP contribution in [0.5, 0.6) is 0 Å². The number of esters is 1. The standard InChI is InChI=1S/C20H24F2N4O3/c1-11(2)8-16(19(27)29-3)25-20(28)26-7-6-15-17(24-10-23-15)18(26)13-9-12(21)4-5-14(13)22/h4-5,9-11,16,18H,6-8H2,1-3H3,(H,23,24)(H,25,28). The SMILES string of the molecule is COC(=O)C(CC(C)C)NC(=O)N1CCc2[nH]cnc2C1c1cc(F)ccc1F. The molecule has 2 aromatic rings. The number of hydrogen-bond donors (Lipinski definition) is 2. The number of halogens is 2. The molecule has 0 saturated heterocycles. The van der Waals surface area contributed by atoms with E-state index in [2.05, 4.69) is 15.3 Å². The lowest BCUT2D eigenvalue weighted by Crippen LogP contribution is -2.51. The molecule has 2 N–H and O–H groups in total. The molecule has 2 amide bonds. The minimum atomic E-state index is -0.918. The molecule has 0 radical (unpaired) electrons. The Bertz CT molecular complexity index is 900. The molecule has 0 saturated carbocycles. The lowest BCUT2D eigenvalue weighted by Gasteiger charge is -2.36. The fraction of sp³-hybridized carbons (Fsp3) is 0.450. The predicted molar refractivity (Wildman–Crippen MR) is 101 cm³/mol. The number of amides is 2. The maximum Gasteiger partial charge on any atom is 0.328 e. The zero-order chi connectivity index (χ0) is 21.1. The van der Waals surface area contributed by atoms with E-state index in [0.717, 1.165) is 23.9 Å². The van der Waals surface area contributed by atoms with E-state index in [1.165, 1.54) is 18.3 Å². The van der Waals surface area contributed by atoms with Crippen molar-refractivity contribution >= 4 is 12.0 Å². The second kappa shape index (κ2) is 8.59. The molecule has 1 aliphatic rings. The highest BCUT2D eigenvalue weighted by Crippen LogP contribution is 2.35. The third-order valence-electron chi connectivity index (χ3n) is 4.93. The maximum absolute atomic E-state index is 14.6. The Morgan fingerprint density at radius 1 is 1.38 bits per heavy atom. The summed E-state index contributed by atoms with van der Waals surface area (Å²) in [6, 6.07) is 0.786. The quantitative estimate of drug-likeness (QED) is 0.748. The Labute approximate surface area is 167 Å². The number of imidazole rings is 1. The van der Waals surface area contributed by atoms with Gasteiger partial charge in [-0.25, -0.2) is 23.4 Å². The van der Waals surface area contributed by atoms with Gasteiger partial charge >= 0.3 is 12.0 Å². The van der Waals surface area contributed by atoms with Gasteiger partial charge in [-0.15, -0.1) is 0 Å². The Kier molecular flexibility index (Phi) is 6.14. The highest BCUT2D eigenvalue weighted by Gasteiger charge is 2.37. The highest BCUT2D eigenvalue weighted by molar-refractivity contribution is 5.84. The van der Waals surface area contributed by atoms with Gasteiger partial charge in [-0.05, 0) is 30.5 Å². The van der Waals surface area contributed by atoms with E-state index < -0.39 is 35.7 Å². The van der Waals surface area contributed by atoms with Gasteiger partial charge in [0.15, 0.2) is 0 Å². The van der Waals surface area contributed by atoms with Gasteiger partial charge in [0.25, 0.3) is 0 Å². The van der Waals surface area contributed by atoms with Gasteiger partial charge in [0.2, 0.25) is 0 Å². The summed E-state index contributed by atoms with van der Waals surface area (Å²) in [5.74, 6) is -1.68. The summed E-state index contributed by atoms with van der Waals surface area (Å²) in [4.78, 5) is 33.8. The molecule has 0 fully saturated rings. The molecule has 0 aliphatic carbocycles. The van der Waals surface area contributed by atoms with E-state index in [-0.39, 0.29) is 18.0 Å². The fourth-order valence-electron chi connectivity index (χ4n) is 3.59. The number of urea groups is 1. The smallest absolute Gasteiger partial charge is 0.328 e. The van der Waals surface area contributed by atoms with Crippen LogP contribution < -0.4 is 5.32 Å². The van der Waals surface area contributed by atoms with Crippen LogP contribution in [0.2, 0.25) is 0 Å². The number of methoxy groups -OCH3 is 1. The van der Waals surface area contributed by atoms with Crippen LogP contribution in [-0.4, -0.2) is 46.6 Å². The van der Waals surface area contributed by atoms with Gasteiger partial charge in [-0.2, -0.15) is 0 Å². The fourth-order valence-corrected chi connectivity index (χ4v) is 3.59. The molecule has 7 nitrogen and oxygen atoms in total. The van der Waals surface area contributed by atoms with Gasteiger partial charge < -0.3 is 19.9 Å². The average Bonchev–Trinajstić information content (AvgIpc) is 3.16. The van der Waals surface area contributed by atoms with E-state index in [1.807, 2.05) is 13.8 Å². The molecule has 2 unspecified atom stereocenters. The summed E-state index contributed by atoms with van der Waals surface area (Å²) < 4.78 is 33.2. The largest absolute Gasteiger partial charge is 0.467 e. The minimum Gasteiger partial charge on any atom is -0.467 e. The molecule has 1 aliphatic heterocycles. The zero-order valence-corrected chi connectivity index (χ0v) is 16.5. The summed E-state index contributed by atoms with van der Waals surface area (Å²) in [5.41, 5.74) is 1.22. The maximum atomic E-state index is 14.6. The first-order chi connectivity index (χ1) is 13.8. The van der Waals surface area contributed by atoms with Crippen molar-refractivity contribution in [2.24, 2.45) is 5.92 Å². The third-order valence-corrected chi connectivity index (χ3v) is 4.93. The Balaban J connectivity index is 1.95. The van der Waals surface area contributed by atoms with Crippen molar-refractivity contribution < 1.29 is 23.1 Å². The molecule has 1 aromatic carbocycles. The van der Waals surface area contributed by atoms with Gasteiger partial charge in [0, 0.05) is 24.2 Å². The van der Waals surface area contributed by atoms with E-state index in [1.54, 1.807) is 0 Å². The molecular weight excluding hydrogens is 382 g/mol. The van der Waals surface area contributed by atoms with Gasteiger partial charge in [0.05, 0.1) is 19.1 Å². The molecule has 3 rings (SSSR count). The van der Waals surface area contributed by atoms with Crippen LogP contribution in [0.3, 0.4) is 0 Å². The van der Waals surface area contributed by atoms with Crippen molar-refractivity contribution in [1.82, 2.24) is 20.2 Å². The van der Waals surface area contributed by atoms with Crippen LogP contribution in [0.1, 0.15) is 43.3 Å². The number of benzene rings is 1. The van der Waals surface area contributed by atoms with Crippen LogP contribution in [0.25, 0.3) is 0 Å². The topological polar surface area (TPSA) is 87.3 Å². The number of hydrogen-bond acceptors (Lipinski definition) is 4. The highest BCUT2D eigenvalue weighted by atomic mass is 19.1. The summed E-state index contributed by atoms with van der Waals surface area (Å²) in [6.45, 7) is 4.09. The van der Waals surface area contributed by atoms with Crippen molar-refractivity contribution in [2.45, 2.75) is 38.8 Å². The summed E-state index contributed by atoms with van der Waals surface area (Å²) in [5, 5.41) is 2.68. The first kappa shape index (κ1) is 20.8. The number of carbonyl (C=O) groups is 2. The first-order valence-corrected chi connectivity index (χ1v) is 9.43. The van der Waals surface area contributed by atoms with Crippen molar-refractivity contribution in [2.75, 3.05) is 13.7 Å². The minimum absolute atomic E-state index is 0.00618. The van der Waals surface area contributed by atoms with E-state index >= 15 is 0 Å². The molecule has 0 bridgehead atoms. The number of nitrogens with one attached hydrogen (secondary N) is 2. The first-order valence-electron chi connectivity index (χ1n) is 9.43. The van der Waals surface area contributed by atoms with Crippen molar-refractivity contribution in [3.05, 3.63) is 53.1 Å². The number of rotatable bonds is 5. The van der Waals surface area contributed by atoms with Crippen LogP contribution in [-0.2, 0) is 16.0 Å². The molecule has 2 atom stereocenters. The van der Waals surface area contributed by atoms with Crippen molar-refractivity contribution in [1.29, 1.82) is 0 Å². The van der Waals surface area contributed by atoms with Crippen molar-refractivity contribution in [3.63, 3.8) is 0 Å². The zero-order valence-electron chi connectivity index (χ0n) is 16.5. The predicted octanol–water partition coefficient (Wildman–Crippen LogP) is 2.93. The van der Waals surface area contributed by atoms with Crippen LogP contribution in [0, 0.1) is 17.6 Å². The number of H-pyrrole nitrogens is 1. The monoisotopic (exact) mass is 406 g/mol. The Morgan fingerprint density at radius 2 is 2.14 bits per heavy atom. The molecule has 2 heterocycles. The normalized spacial score (nSPS) is 17.0. The number of aromatic amines is 1. The van der Waals surface area contributed by atoms with Gasteiger partial charge in [0.1, 0.15) is 23.7 Å². The van der Waals surface area contributed by atoms with E-state index in [4.69, 9.17) is 4.74 Å². The number of ether oxygens (including phenoxy) is 1. The van der Waals surface area contributed by atoms with Crippen LogP contribution in [0.15, 0.2) is 24.5 Å². The summed E-state index contributed by atoms with van der Waals surface area (Å²) >= 11 is 0. The van der Waals surface area contributed by atoms with Gasteiger partial charge in [-0.1, -0.05) is 13.8 Å². The van der Waals surface area contributed by atoms with E-state index in [0.29, 0.717) is 18.5 Å². The van der Waals surface area contributed by atoms with Crippen molar-refractivity contribution in [3.8, 4) is 0 Å². The summed E-state index contributed by atoms with van der Waals surface area (Å²) in [7, 11) is 1.25. The molecule has 29 heavy (non-hydrogen) atoms. The molecule has 0 spiro atoms. The second-order valence-corrected chi connectivity index (χ2v) is 7.43. The summed E-state index contributed by atoms with van der Waals surface area (Å²) in [6.07, 6.45) is 2.33. The number of aromatic nitrogens is 2. The Hall–Kier alpha value is -2.97. The van der Waals surface area contributed by atoms with Crippen LogP contribution >= 0.6 is 0 Å². The molecule has 156 valence electrons. The average molecular weight is 406 g/mol. The lowest BCUT2D eigenvalue weighted by molar-refractivity contribution is -0.143. The number of carbonyl (C=O) groups excluding carboxylic acids is 2. The third kappa shape index (κ3) is 4.38. The number of nitrogens with zero attached hydrogens (tertiary/aromatic N) is 2. The Morgan fingerprint density at radius 3 is 2.83 bits per heavy atom. The molecule has 1 aromatic heterocycles. The van der Waals surface area contributed by atoms with Gasteiger partial charge in [-0.3, -0.25) is 0 Å². The lowest BCUT2D eigenvalue weighted by atomic mass is 9.95. The van der Waals surface area contributed by atoms with E-state index in [9.17, 15) is 18.4 Å². The van der Waals surface area contributed by atoms with Crippen LogP contribution in [0.4, 0.5) is 13.6 Å². The second-order valence-electron chi connectivity index (χ2n) is 7.43. The molecule has 9 heteroatoms. The number of fused-ring (bicyclic) bond motifs is 1. The molecular formula is C20H24F2N4O3.